The zero-order chi connectivity index (χ0) is 16.3. The van der Waals surface area contributed by atoms with Crippen LogP contribution in [0.3, 0.4) is 0 Å². The first-order valence-corrected chi connectivity index (χ1v) is 6.93. The van der Waals surface area contributed by atoms with Crippen molar-refractivity contribution in [2.45, 2.75) is 13.5 Å². The standard InChI is InChI=1S/C16H21N3O3/c1-11-8-14(17-19(11)3)16(20)18(2)10-12-6-7-13(21-4)9-15(12)22-5/h6-9H,10H2,1-5H3. The predicted octanol–water partition coefficient (Wildman–Crippen LogP) is 2.02. The number of methoxy groups -OCH3 is 2. The van der Waals surface area contributed by atoms with Gasteiger partial charge in [0.05, 0.1) is 14.2 Å². The van der Waals surface area contributed by atoms with Gasteiger partial charge in [0.25, 0.3) is 5.91 Å². The van der Waals surface area contributed by atoms with Crippen molar-refractivity contribution in [2.75, 3.05) is 21.3 Å². The molecule has 6 nitrogen and oxygen atoms in total. The fraction of sp³-hybridized carbons (Fsp3) is 0.375. The van der Waals surface area contributed by atoms with Gasteiger partial charge >= 0.3 is 0 Å². The molecule has 22 heavy (non-hydrogen) atoms. The van der Waals surface area contributed by atoms with E-state index in [0.29, 0.717) is 18.0 Å². The zero-order valence-corrected chi connectivity index (χ0v) is 13.6. The summed E-state index contributed by atoms with van der Waals surface area (Å²) in [5, 5.41) is 4.22. The number of hydrogen-bond donors (Lipinski definition) is 0. The molecule has 0 radical (unpaired) electrons. The van der Waals surface area contributed by atoms with Crippen molar-refractivity contribution >= 4 is 5.91 Å². The van der Waals surface area contributed by atoms with Crippen molar-refractivity contribution in [3.8, 4) is 11.5 Å². The minimum atomic E-state index is -0.124. The smallest absolute Gasteiger partial charge is 0.274 e. The van der Waals surface area contributed by atoms with Crippen molar-refractivity contribution in [1.82, 2.24) is 14.7 Å². The van der Waals surface area contributed by atoms with Crippen LogP contribution < -0.4 is 9.47 Å². The third-order valence-corrected chi connectivity index (χ3v) is 3.58. The van der Waals surface area contributed by atoms with Crippen LogP contribution in [0.2, 0.25) is 0 Å². The molecule has 0 atom stereocenters. The zero-order valence-electron chi connectivity index (χ0n) is 13.6. The predicted molar refractivity (Wildman–Crippen MR) is 83.3 cm³/mol. The molecule has 1 aromatic carbocycles. The molecule has 1 heterocycles. The lowest BCUT2D eigenvalue weighted by atomic mass is 10.1. The maximum Gasteiger partial charge on any atom is 0.274 e. The second-order valence-electron chi connectivity index (χ2n) is 5.13. The highest BCUT2D eigenvalue weighted by Crippen LogP contribution is 2.25. The molecule has 2 rings (SSSR count). The number of hydrogen-bond acceptors (Lipinski definition) is 4. The highest BCUT2D eigenvalue weighted by atomic mass is 16.5. The molecule has 0 unspecified atom stereocenters. The third-order valence-electron chi connectivity index (χ3n) is 3.58. The molecule has 0 aliphatic heterocycles. The van der Waals surface area contributed by atoms with E-state index in [1.54, 1.807) is 43.0 Å². The minimum Gasteiger partial charge on any atom is -0.497 e. The molecule has 1 aromatic heterocycles. The SMILES string of the molecule is COc1ccc(CN(C)C(=O)c2cc(C)n(C)n2)c(OC)c1. The fourth-order valence-corrected chi connectivity index (χ4v) is 2.17. The Labute approximate surface area is 130 Å². The Bertz CT molecular complexity index is 660. The maximum absolute atomic E-state index is 12.4. The molecule has 0 bridgehead atoms. The lowest BCUT2D eigenvalue weighted by Gasteiger charge is -2.18. The number of rotatable bonds is 5. The largest absolute Gasteiger partial charge is 0.497 e. The number of ether oxygens (including phenoxy) is 2. The average Bonchev–Trinajstić information content (AvgIpc) is 2.86. The van der Waals surface area contributed by atoms with Gasteiger partial charge in [-0.2, -0.15) is 5.10 Å². The molecule has 0 aliphatic carbocycles. The normalized spacial score (nSPS) is 10.4. The topological polar surface area (TPSA) is 56.6 Å². The quantitative estimate of drug-likeness (QED) is 0.848. The van der Waals surface area contributed by atoms with Crippen molar-refractivity contribution < 1.29 is 14.3 Å². The number of benzene rings is 1. The summed E-state index contributed by atoms with van der Waals surface area (Å²) >= 11 is 0. The van der Waals surface area contributed by atoms with Crippen molar-refractivity contribution in [3.05, 3.63) is 41.2 Å². The summed E-state index contributed by atoms with van der Waals surface area (Å²) in [4.78, 5) is 14.0. The van der Waals surface area contributed by atoms with Crippen LogP contribution in [-0.2, 0) is 13.6 Å². The van der Waals surface area contributed by atoms with E-state index in [4.69, 9.17) is 9.47 Å². The van der Waals surface area contributed by atoms with Gasteiger partial charge in [0, 0.05) is 38.0 Å². The molecule has 2 aromatic rings. The van der Waals surface area contributed by atoms with Crippen molar-refractivity contribution in [3.63, 3.8) is 0 Å². The van der Waals surface area contributed by atoms with E-state index >= 15 is 0 Å². The van der Waals surface area contributed by atoms with E-state index in [2.05, 4.69) is 5.10 Å². The van der Waals surface area contributed by atoms with Crippen LogP contribution in [-0.4, -0.2) is 41.9 Å². The lowest BCUT2D eigenvalue weighted by Crippen LogP contribution is -2.26. The molecule has 0 spiro atoms. The summed E-state index contributed by atoms with van der Waals surface area (Å²) in [5.74, 6) is 1.28. The molecule has 118 valence electrons. The first kappa shape index (κ1) is 15.9. The number of carbonyl (C=O) groups is 1. The average molecular weight is 303 g/mol. The molecule has 0 saturated heterocycles. The third kappa shape index (κ3) is 3.21. The number of nitrogens with zero attached hydrogens (tertiary/aromatic N) is 3. The molecule has 0 N–H and O–H groups in total. The number of aryl methyl sites for hydroxylation is 2. The highest BCUT2D eigenvalue weighted by Gasteiger charge is 2.17. The summed E-state index contributed by atoms with van der Waals surface area (Å²) < 4.78 is 12.2. The van der Waals surface area contributed by atoms with Gasteiger partial charge < -0.3 is 14.4 Å². The van der Waals surface area contributed by atoms with Crippen LogP contribution in [0, 0.1) is 6.92 Å². The molecule has 0 saturated carbocycles. The van der Waals surface area contributed by atoms with E-state index in [1.165, 1.54) is 0 Å². The van der Waals surface area contributed by atoms with Crippen molar-refractivity contribution in [1.29, 1.82) is 0 Å². The first-order chi connectivity index (χ1) is 10.5. The monoisotopic (exact) mass is 303 g/mol. The van der Waals surface area contributed by atoms with Crippen LogP contribution in [0.15, 0.2) is 24.3 Å². The number of amides is 1. The van der Waals surface area contributed by atoms with Crippen molar-refractivity contribution in [2.24, 2.45) is 7.05 Å². The lowest BCUT2D eigenvalue weighted by molar-refractivity contribution is 0.0777. The maximum atomic E-state index is 12.4. The van der Waals surface area contributed by atoms with Crippen LogP contribution in [0.4, 0.5) is 0 Å². The van der Waals surface area contributed by atoms with E-state index < -0.39 is 0 Å². The van der Waals surface area contributed by atoms with Gasteiger partial charge in [-0.3, -0.25) is 9.48 Å². The minimum absolute atomic E-state index is 0.124. The molecule has 0 aliphatic rings. The van der Waals surface area contributed by atoms with Gasteiger partial charge in [-0.1, -0.05) is 0 Å². The van der Waals surface area contributed by atoms with Crippen LogP contribution in [0.1, 0.15) is 21.7 Å². The van der Waals surface area contributed by atoms with Gasteiger partial charge in [-0.25, -0.2) is 0 Å². The van der Waals surface area contributed by atoms with E-state index in [0.717, 1.165) is 17.0 Å². The number of carbonyl (C=O) groups excluding carboxylic acids is 1. The Balaban J connectivity index is 2.17. The second kappa shape index (κ2) is 6.51. The van der Waals surface area contributed by atoms with Crippen LogP contribution in [0.25, 0.3) is 0 Å². The van der Waals surface area contributed by atoms with Gasteiger partial charge in [0.1, 0.15) is 11.5 Å². The fourth-order valence-electron chi connectivity index (χ4n) is 2.17. The highest BCUT2D eigenvalue weighted by molar-refractivity contribution is 5.92. The summed E-state index contributed by atoms with van der Waals surface area (Å²) in [6.45, 7) is 2.35. The Morgan fingerprint density at radius 1 is 1.27 bits per heavy atom. The van der Waals surface area contributed by atoms with E-state index in [-0.39, 0.29) is 5.91 Å². The van der Waals surface area contributed by atoms with Crippen LogP contribution in [0.5, 0.6) is 11.5 Å². The molecular formula is C16H21N3O3. The van der Waals surface area contributed by atoms with Gasteiger partial charge in [0.15, 0.2) is 5.69 Å². The Kier molecular flexibility index (Phi) is 4.70. The summed E-state index contributed by atoms with van der Waals surface area (Å²) in [6.07, 6.45) is 0. The number of aromatic nitrogens is 2. The molecule has 6 heteroatoms. The Morgan fingerprint density at radius 2 is 2.00 bits per heavy atom. The molecular weight excluding hydrogens is 282 g/mol. The summed E-state index contributed by atoms with van der Waals surface area (Å²) in [6, 6.07) is 7.33. The van der Waals surface area contributed by atoms with Gasteiger partial charge in [0.2, 0.25) is 0 Å². The summed E-state index contributed by atoms with van der Waals surface area (Å²) in [7, 11) is 6.77. The Hall–Kier alpha value is -2.50. The van der Waals surface area contributed by atoms with Gasteiger partial charge in [-0.15, -0.1) is 0 Å². The summed E-state index contributed by atoms with van der Waals surface area (Å²) in [5.41, 5.74) is 2.29. The van der Waals surface area contributed by atoms with E-state index in [9.17, 15) is 4.79 Å². The second-order valence-corrected chi connectivity index (χ2v) is 5.13. The van der Waals surface area contributed by atoms with Crippen LogP contribution >= 0.6 is 0 Å². The van der Waals surface area contributed by atoms with Gasteiger partial charge in [-0.05, 0) is 25.1 Å². The molecule has 0 fully saturated rings. The first-order valence-electron chi connectivity index (χ1n) is 6.93. The van der Waals surface area contributed by atoms with E-state index in [1.807, 2.05) is 26.1 Å². The molecule has 1 amide bonds. The Morgan fingerprint density at radius 3 is 2.55 bits per heavy atom.